The van der Waals surface area contributed by atoms with E-state index in [0.717, 1.165) is 16.3 Å². The quantitative estimate of drug-likeness (QED) is 0.725. The van der Waals surface area contributed by atoms with Crippen molar-refractivity contribution in [1.82, 2.24) is 19.9 Å². The molecule has 3 rings (SSSR count). The number of hydrogen-bond acceptors (Lipinski definition) is 5. The van der Waals surface area contributed by atoms with Crippen molar-refractivity contribution in [3.05, 3.63) is 41.9 Å². The van der Waals surface area contributed by atoms with Crippen LogP contribution in [-0.4, -0.2) is 34.0 Å². The Kier molecular flexibility index (Phi) is 3.20. The molecular formula is C14H12ClN5. The largest absolute Gasteiger partial charge is 0.347 e. The van der Waals surface area contributed by atoms with Crippen LogP contribution in [0.25, 0.3) is 22.2 Å². The third kappa shape index (κ3) is 2.28. The molecule has 1 aromatic carbocycles. The second-order valence-corrected chi connectivity index (χ2v) is 4.86. The van der Waals surface area contributed by atoms with E-state index in [-0.39, 0.29) is 5.28 Å². The molecule has 0 amide bonds. The van der Waals surface area contributed by atoms with Gasteiger partial charge in [0.25, 0.3) is 0 Å². The summed E-state index contributed by atoms with van der Waals surface area (Å²) in [5.41, 5.74) is 0.892. The predicted octanol–water partition coefficient (Wildman–Crippen LogP) is 2.81. The molecule has 0 unspecified atom stereocenters. The smallest absolute Gasteiger partial charge is 0.229 e. The lowest BCUT2D eigenvalue weighted by Gasteiger charge is -2.11. The molecule has 2 aromatic heterocycles. The Bertz CT molecular complexity index is 767. The monoisotopic (exact) mass is 285 g/mol. The molecule has 0 bridgehead atoms. The molecule has 20 heavy (non-hydrogen) atoms. The molecule has 0 N–H and O–H groups in total. The van der Waals surface area contributed by atoms with E-state index in [9.17, 15) is 0 Å². The van der Waals surface area contributed by atoms with Crippen molar-refractivity contribution in [2.75, 3.05) is 19.0 Å². The number of halogens is 1. The molecule has 0 saturated carbocycles. The molecule has 5 nitrogen and oxygen atoms in total. The summed E-state index contributed by atoms with van der Waals surface area (Å²) in [6, 6.07) is 7.89. The minimum atomic E-state index is 0.180. The number of hydrogen-bond donors (Lipinski definition) is 0. The van der Waals surface area contributed by atoms with E-state index in [1.807, 2.05) is 38.4 Å². The van der Waals surface area contributed by atoms with E-state index < -0.39 is 0 Å². The molecule has 0 atom stereocenters. The lowest BCUT2D eigenvalue weighted by Crippen LogP contribution is -2.14. The maximum absolute atomic E-state index is 5.99. The van der Waals surface area contributed by atoms with Crippen LogP contribution in [0.2, 0.25) is 5.28 Å². The van der Waals surface area contributed by atoms with Crippen LogP contribution in [-0.2, 0) is 0 Å². The van der Waals surface area contributed by atoms with Crippen molar-refractivity contribution in [3.8, 4) is 11.4 Å². The Balaban J connectivity index is 2.25. The maximum atomic E-state index is 5.99. The highest BCUT2D eigenvalue weighted by Crippen LogP contribution is 2.26. The summed E-state index contributed by atoms with van der Waals surface area (Å²) in [5, 5.41) is 2.25. The zero-order valence-corrected chi connectivity index (χ0v) is 11.8. The fourth-order valence-electron chi connectivity index (χ4n) is 1.97. The first-order chi connectivity index (χ1) is 9.65. The highest BCUT2D eigenvalue weighted by Gasteiger charge is 2.11. The number of aromatic nitrogens is 4. The van der Waals surface area contributed by atoms with Gasteiger partial charge >= 0.3 is 0 Å². The molecule has 0 fully saturated rings. The van der Waals surface area contributed by atoms with Gasteiger partial charge in [-0.1, -0.05) is 18.2 Å². The van der Waals surface area contributed by atoms with Gasteiger partial charge in [-0.25, -0.2) is 0 Å². The maximum Gasteiger partial charge on any atom is 0.229 e. The van der Waals surface area contributed by atoms with Gasteiger partial charge in [0, 0.05) is 37.4 Å². The minimum Gasteiger partial charge on any atom is -0.347 e. The van der Waals surface area contributed by atoms with Gasteiger partial charge < -0.3 is 4.90 Å². The van der Waals surface area contributed by atoms with E-state index in [1.165, 1.54) is 0 Å². The minimum absolute atomic E-state index is 0.180. The van der Waals surface area contributed by atoms with Crippen LogP contribution in [0.15, 0.2) is 36.7 Å². The van der Waals surface area contributed by atoms with Crippen molar-refractivity contribution >= 4 is 28.3 Å². The van der Waals surface area contributed by atoms with Gasteiger partial charge in [-0.3, -0.25) is 4.98 Å². The molecule has 3 aromatic rings. The van der Waals surface area contributed by atoms with E-state index in [1.54, 1.807) is 17.3 Å². The molecule has 0 aliphatic heterocycles. The third-order valence-corrected chi connectivity index (χ3v) is 3.09. The number of anilines is 1. The summed E-state index contributed by atoms with van der Waals surface area (Å²) < 4.78 is 0. The lowest BCUT2D eigenvalue weighted by molar-refractivity contribution is 0.962. The molecule has 0 aliphatic rings. The van der Waals surface area contributed by atoms with Crippen LogP contribution in [0.1, 0.15) is 0 Å². The molecular weight excluding hydrogens is 274 g/mol. The van der Waals surface area contributed by atoms with Gasteiger partial charge in [0.1, 0.15) is 0 Å². The number of pyridine rings is 1. The molecule has 0 aliphatic carbocycles. The zero-order valence-electron chi connectivity index (χ0n) is 11.1. The zero-order chi connectivity index (χ0) is 14.1. The topological polar surface area (TPSA) is 54.8 Å². The van der Waals surface area contributed by atoms with Crippen molar-refractivity contribution in [2.45, 2.75) is 0 Å². The van der Waals surface area contributed by atoms with Crippen molar-refractivity contribution in [3.63, 3.8) is 0 Å². The second kappa shape index (κ2) is 5.02. The summed E-state index contributed by atoms with van der Waals surface area (Å²) in [7, 11) is 3.72. The van der Waals surface area contributed by atoms with Crippen LogP contribution in [0, 0.1) is 0 Å². The Labute approximate surface area is 121 Å². The van der Waals surface area contributed by atoms with E-state index in [4.69, 9.17) is 11.6 Å². The molecule has 0 saturated heterocycles. The SMILES string of the molecule is CN(C)c1nc(Cl)nc(-c2cccc3ccncc23)n1. The van der Waals surface area contributed by atoms with Crippen LogP contribution < -0.4 is 4.90 Å². The van der Waals surface area contributed by atoms with Crippen LogP contribution in [0.5, 0.6) is 0 Å². The average molecular weight is 286 g/mol. The van der Waals surface area contributed by atoms with Crippen molar-refractivity contribution in [2.24, 2.45) is 0 Å². The van der Waals surface area contributed by atoms with Gasteiger partial charge in [0.05, 0.1) is 0 Å². The van der Waals surface area contributed by atoms with Crippen LogP contribution in [0.4, 0.5) is 5.95 Å². The summed E-state index contributed by atoms with van der Waals surface area (Å²) in [5.74, 6) is 1.08. The summed E-state index contributed by atoms with van der Waals surface area (Å²) in [6.45, 7) is 0. The molecule has 0 radical (unpaired) electrons. The first kappa shape index (κ1) is 12.7. The number of rotatable bonds is 2. The first-order valence-electron chi connectivity index (χ1n) is 6.07. The summed E-state index contributed by atoms with van der Waals surface area (Å²) in [6.07, 6.45) is 3.56. The Morgan fingerprint density at radius 1 is 1.05 bits per heavy atom. The molecule has 100 valence electrons. The molecule has 2 heterocycles. The summed E-state index contributed by atoms with van der Waals surface area (Å²) in [4.78, 5) is 18.7. The highest BCUT2D eigenvalue weighted by atomic mass is 35.5. The molecule has 0 spiro atoms. The predicted molar refractivity (Wildman–Crippen MR) is 79.9 cm³/mol. The van der Waals surface area contributed by atoms with E-state index >= 15 is 0 Å². The molecule has 6 heteroatoms. The number of nitrogens with zero attached hydrogens (tertiary/aromatic N) is 5. The Hall–Kier alpha value is -2.27. The van der Waals surface area contributed by atoms with E-state index in [2.05, 4.69) is 19.9 Å². The average Bonchev–Trinajstić information content (AvgIpc) is 2.46. The first-order valence-corrected chi connectivity index (χ1v) is 6.45. The Morgan fingerprint density at radius 3 is 2.70 bits per heavy atom. The second-order valence-electron chi connectivity index (χ2n) is 4.52. The lowest BCUT2D eigenvalue weighted by atomic mass is 10.1. The Morgan fingerprint density at radius 2 is 1.90 bits per heavy atom. The van der Waals surface area contributed by atoms with Crippen molar-refractivity contribution in [1.29, 1.82) is 0 Å². The van der Waals surface area contributed by atoms with Crippen LogP contribution in [0.3, 0.4) is 0 Å². The normalized spacial score (nSPS) is 10.8. The van der Waals surface area contributed by atoms with Gasteiger partial charge in [0.2, 0.25) is 11.2 Å². The number of benzene rings is 1. The summed E-state index contributed by atoms with van der Waals surface area (Å²) >= 11 is 5.99. The van der Waals surface area contributed by atoms with Crippen molar-refractivity contribution < 1.29 is 0 Å². The van der Waals surface area contributed by atoms with Crippen LogP contribution >= 0.6 is 11.6 Å². The van der Waals surface area contributed by atoms with E-state index in [0.29, 0.717) is 11.8 Å². The van der Waals surface area contributed by atoms with Gasteiger partial charge in [-0.05, 0) is 23.1 Å². The highest BCUT2D eigenvalue weighted by molar-refractivity contribution is 6.28. The van der Waals surface area contributed by atoms with Gasteiger partial charge in [-0.15, -0.1) is 0 Å². The fourth-order valence-corrected chi connectivity index (χ4v) is 2.12. The third-order valence-electron chi connectivity index (χ3n) is 2.92. The standard InChI is InChI=1S/C14H12ClN5/c1-20(2)14-18-12(17-13(15)19-14)10-5-3-4-9-6-7-16-8-11(9)10/h3-8H,1-2H3. The van der Waals surface area contributed by atoms with Gasteiger partial charge in [-0.2, -0.15) is 15.0 Å². The van der Waals surface area contributed by atoms with Gasteiger partial charge in [0.15, 0.2) is 5.82 Å². The fraction of sp³-hybridized carbons (Fsp3) is 0.143. The number of fused-ring (bicyclic) bond motifs is 1.